The van der Waals surface area contributed by atoms with Crippen LogP contribution in [0.3, 0.4) is 0 Å². The first-order valence-corrected chi connectivity index (χ1v) is 5.17. The van der Waals surface area contributed by atoms with Crippen molar-refractivity contribution >= 4 is 5.97 Å². The van der Waals surface area contributed by atoms with Crippen LogP contribution in [0, 0.1) is 17.1 Å². The third-order valence-electron chi connectivity index (χ3n) is 2.28. The number of carbonyl (C=O) groups is 1. The molecule has 6 heteroatoms. The highest BCUT2D eigenvalue weighted by Gasteiger charge is 2.13. The maximum Gasteiger partial charge on any atom is 0.341 e. The summed E-state index contributed by atoms with van der Waals surface area (Å²) in [5.41, 5.74) is -0.251. The van der Waals surface area contributed by atoms with Gasteiger partial charge in [-0.3, -0.25) is 0 Å². The number of carboxylic acids is 1. The van der Waals surface area contributed by atoms with Crippen LogP contribution in [0.5, 0.6) is 11.6 Å². The van der Waals surface area contributed by atoms with Crippen LogP contribution in [-0.4, -0.2) is 16.1 Å². The van der Waals surface area contributed by atoms with Crippen molar-refractivity contribution in [2.45, 2.75) is 0 Å². The number of rotatable bonds is 3. The summed E-state index contributed by atoms with van der Waals surface area (Å²) in [5.74, 6) is -2.01. The van der Waals surface area contributed by atoms with E-state index in [9.17, 15) is 9.18 Å². The number of carboxylic acid groups (broad SMARTS) is 1. The van der Waals surface area contributed by atoms with Crippen LogP contribution >= 0.6 is 0 Å². The van der Waals surface area contributed by atoms with Crippen LogP contribution in [0.4, 0.5) is 4.39 Å². The number of aromatic carboxylic acids is 1. The fraction of sp³-hybridized carbons (Fsp3) is 0. The molecular weight excluding hydrogens is 251 g/mol. The van der Waals surface area contributed by atoms with Gasteiger partial charge in [-0.1, -0.05) is 0 Å². The molecule has 0 atom stereocenters. The van der Waals surface area contributed by atoms with Crippen LogP contribution in [0.25, 0.3) is 0 Å². The number of halogens is 1. The van der Waals surface area contributed by atoms with E-state index in [2.05, 4.69) is 4.98 Å². The van der Waals surface area contributed by atoms with E-state index < -0.39 is 11.8 Å². The Kier molecular flexibility index (Phi) is 3.39. The molecule has 1 heterocycles. The van der Waals surface area contributed by atoms with E-state index in [-0.39, 0.29) is 22.8 Å². The number of nitrogens with zero attached hydrogens (tertiary/aromatic N) is 2. The van der Waals surface area contributed by atoms with Gasteiger partial charge in [0.15, 0.2) is 0 Å². The molecule has 0 aliphatic carbocycles. The van der Waals surface area contributed by atoms with E-state index in [4.69, 9.17) is 15.1 Å². The number of nitriles is 1. The molecule has 0 amide bonds. The molecule has 5 nitrogen and oxygen atoms in total. The van der Waals surface area contributed by atoms with Crippen molar-refractivity contribution in [2.75, 3.05) is 0 Å². The average Bonchev–Trinajstić information content (AvgIpc) is 2.39. The van der Waals surface area contributed by atoms with E-state index in [1.54, 1.807) is 6.07 Å². The van der Waals surface area contributed by atoms with Gasteiger partial charge >= 0.3 is 5.97 Å². The Balaban J connectivity index is 2.34. The summed E-state index contributed by atoms with van der Waals surface area (Å²) in [5, 5.41) is 17.5. The zero-order valence-corrected chi connectivity index (χ0v) is 9.50. The predicted molar refractivity (Wildman–Crippen MR) is 62.4 cm³/mol. The summed E-state index contributed by atoms with van der Waals surface area (Å²) in [7, 11) is 0. The zero-order valence-electron chi connectivity index (χ0n) is 9.50. The second-order valence-corrected chi connectivity index (χ2v) is 3.52. The minimum Gasteiger partial charge on any atom is -0.477 e. The number of pyridine rings is 1. The van der Waals surface area contributed by atoms with Crippen molar-refractivity contribution in [1.29, 1.82) is 5.26 Å². The highest BCUT2D eigenvalue weighted by Crippen LogP contribution is 2.24. The van der Waals surface area contributed by atoms with Crippen molar-refractivity contribution in [3.05, 3.63) is 53.5 Å². The van der Waals surface area contributed by atoms with E-state index >= 15 is 0 Å². The lowest BCUT2D eigenvalue weighted by molar-refractivity contribution is 0.0693. The number of aromatic nitrogens is 1. The third kappa shape index (κ3) is 2.66. The summed E-state index contributed by atoms with van der Waals surface area (Å²) in [4.78, 5) is 14.7. The average molecular weight is 258 g/mol. The standard InChI is InChI=1S/C13H7FN2O3/c14-11-6-9(4-3-8(11)7-15)19-12-10(13(17)18)2-1-5-16-12/h1-6H,(H,17,18). The highest BCUT2D eigenvalue weighted by atomic mass is 19.1. The molecule has 1 N–H and O–H groups in total. The van der Waals surface area contributed by atoms with Gasteiger partial charge in [-0.15, -0.1) is 0 Å². The smallest absolute Gasteiger partial charge is 0.341 e. The summed E-state index contributed by atoms with van der Waals surface area (Å²) >= 11 is 0. The van der Waals surface area contributed by atoms with Gasteiger partial charge in [0.05, 0.1) is 5.56 Å². The van der Waals surface area contributed by atoms with Crippen molar-refractivity contribution in [2.24, 2.45) is 0 Å². The quantitative estimate of drug-likeness (QED) is 0.914. The van der Waals surface area contributed by atoms with Crippen molar-refractivity contribution < 1.29 is 19.0 Å². The molecule has 2 rings (SSSR count). The molecule has 2 aromatic rings. The largest absolute Gasteiger partial charge is 0.477 e. The van der Waals surface area contributed by atoms with Crippen LogP contribution in [-0.2, 0) is 0 Å². The Morgan fingerprint density at radius 3 is 2.84 bits per heavy atom. The van der Waals surface area contributed by atoms with Gasteiger partial charge in [0.2, 0.25) is 5.88 Å². The molecule has 94 valence electrons. The topological polar surface area (TPSA) is 83.2 Å². The van der Waals surface area contributed by atoms with Crippen molar-refractivity contribution in [3.8, 4) is 17.7 Å². The molecule has 19 heavy (non-hydrogen) atoms. The van der Waals surface area contributed by atoms with Crippen molar-refractivity contribution in [1.82, 2.24) is 4.98 Å². The molecule has 0 aliphatic heterocycles. The van der Waals surface area contributed by atoms with Crippen LogP contribution in [0.2, 0.25) is 0 Å². The molecule has 0 radical (unpaired) electrons. The maximum absolute atomic E-state index is 13.4. The van der Waals surface area contributed by atoms with E-state index in [1.807, 2.05) is 0 Å². The summed E-state index contributed by atoms with van der Waals surface area (Å²) in [6.07, 6.45) is 1.36. The minimum atomic E-state index is -1.20. The van der Waals surface area contributed by atoms with Gasteiger partial charge in [-0.25, -0.2) is 14.2 Å². The van der Waals surface area contributed by atoms with Gasteiger partial charge in [0, 0.05) is 12.3 Å². The van der Waals surface area contributed by atoms with E-state index in [0.29, 0.717) is 0 Å². The molecule has 1 aromatic carbocycles. The minimum absolute atomic E-state index is 0.0673. The number of benzene rings is 1. The normalized spacial score (nSPS) is 9.68. The number of hydrogen-bond donors (Lipinski definition) is 1. The molecule has 0 saturated heterocycles. The van der Waals surface area contributed by atoms with E-state index in [0.717, 1.165) is 6.07 Å². The fourth-order valence-electron chi connectivity index (χ4n) is 1.40. The van der Waals surface area contributed by atoms with Crippen LogP contribution in [0.1, 0.15) is 15.9 Å². The van der Waals surface area contributed by atoms with Crippen LogP contribution < -0.4 is 4.74 Å². The van der Waals surface area contributed by atoms with Gasteiger partial charge < -0.3 is 9.84 Å². The molecule has 0 bridgehead atoms. The third-order valence-corrected chi connectivity index (χ3v) is 2.28. The fourth-order valence-corrected chi connectivity index (χ4v) is 1.40. The molecule has 0 spiro atoms. The summed E-state index contributed by atoms with van der Waals surface area (Å²) in [6.45, 7) is 0. The Morgan fingerprint density at radius 2 is 2.21 bits per heavy atom. The Morgan fingerprint density at radius 1 is 1.42 bits per heavy atom. The van der Waals surface area contributed by atoms with Gasteiger partial charge in [-0.05, 0) is 24.3 Å². The molecule has 0 fully saturated rings. The van der Waals surface area contributed by atoms with Crippen LogP contribution in [0.15, 0.2) is 36.5 Å². The van der Waals surface area contributed by atoms with Gasteiger partial charge in [-0.2, -0.15) is 5.26 Å². The SMILES string of the molecule is N#Cc1ccc(Oc2ncccc2C(=O)O)cc1F. The Labute approximate surface area is 107 Å². The molecule has 1 aromatic heterocycles. The van der Waals surface area contributed by atoms with E-state index in [1.165, 1.54) is 30.5 Å². The first kappa shape index (κ1) is 12.5. The number of hydrogen-bond acceptors (Lipinski definition) is 4. The van der Waals surface area contributed by atoms with Gasteiger partial charge in [0.25, 0.3) is 0 Å². The lowest BCUT2D eigenvalue weighted by atomic mass is 10.2. The first-order chi connectivity index (χ1) is 9.11. The highest BCUT2D eigenvalue weighted by molar-refractivity contribution is 5.90. The first-order valence-electron chi connectivity index (χ1n) is 5.17. The zero-order chi connectivity index (χ0) is 13.8. The second-order valence-electron chi connectivity index (χ2n) is 3.52. The maximum atomic E-state index is 13.4. The molecule has 0 saturated carbocycles. The summed E-state index contributed by atoms with van der Waals surface area (Å²) < 4.78 is 18.6. The lowest BCUT2D eigenvalue weighted by Crippen LogP contribution is -2.01. The second kappa shape index (κ2) is 5.14. The van der Waals surface area contributed by atoms with Crippen molar-refractivity contribution in [3.63, 3.8) is 0 Å². The Hall–Kier alpha value is -2.94. The molecular formula is C13H7FN2O3. The van der Waals surface area contributed by atoms with Gasteiger partial charge in [0.1, 0.15) is 23.2 Å². The monoisotopic (exact) mass is 258 g/mol. The predicted octanol–water partition coefficient (Wildman–Crippen LogP) is 2.58. The molecule has 0 unspecified atom stereocenters. The molecule has 0 aliphatic rings. The Bertz CT molecular complexity index is 680. The summed E-state index contributed by atoms with van der Waals surface area (Å²) in [6, 6.07) is 8.06. The number of ether oxygens (including phenoxy) is 1. The lowest BCUT2D eigenvalue weighted by Gasteiger charge is -2.07.